The molecule has 5 rings (SSSR count). The van der Waals surface area contributed by atoms with Crippen LogP contribution in [0.25, 0.3) is 11.1 Å². The molecule has 0 bridgehead atoms. The van der Waals surface area contributed by atoms with Crippen molar-refractivity contribution in [3.63, 3.8) is 0 Å². The molecule has 1 unspecified atom stereocenters. The normalized spacial score (nSPS) is 18.1. The van der Waals surface area contributed by atoms with Gasteiger partial charge in [-0.05, 0) is 48.2 Å². The molecule has 1 saturated carbocycles. The van der Waals surface area contributed by atoms with Gasteiger partial charge in [0.15, 0.2) is 0 Å². The summed E-state index contributed by atoms with van der Waals surface area (Å²) in [5, 5.41) is 13.7. The SMILES string of the molecule is COCC1Cn2cc(-c3cc(NC4CCCC4)ncc3Cl)cc2C(=O)N1Cc1cc(F)ccc1CO. The van der Waals surface area contributed by atoms with E-state index in [0.29, 0.717) is 41.0 Å². The second kappa shape index (κ2) is 10.6. The predicted octanol–water partition coefficient (Wildman–Crippen LogP) is 4.86. The summed E-state index contributed by atoms with van der Waals surface area (Å²) >= 11 is 6.54. The third-order valence-electron chi connectivity index (χ3n) is 7.14. The lowest BCUT2D eigenvalue weighted by atomic mass is 10.0. The zero-order valence-corrected chi connectivity index (χ0v) is 21.0. The molecule has 0 spiro atoms. The maximum absolute atomic E-state index is 14.0. The van der Waals surface area contributed by atoms with Crippen molar-refractivity contribution in [2.24, 2.45) is 0 Å². The highest BCUT2D eigenvalue weighted by Crippen LogP contribution is 2.34. The predicted molar refractivity (Wildman–Crippen MR) is 136 cm³/mol. The highest BCUT2D eigenvalue weighted by Gasteiger charge is 2.34. The number of pyridine rings is 1. The van der Waals surface area contributed by atoms with Crippen LogP contribution in [0.3, 0.4) is 0 Å². The number of hydrogen-bond donors (Lipinski definition) is 2. The summed E-state index contributed by atoms with van der Waals surface area (Å²) in [6.45, 7) is 0.792. The Morgan fingerprint density at radius 1 is 1.22 bits per heavy atom. The topological polar surface area (TPSA) is 79.6 Å². The number of aliphatic hydroxyl groups is 1. The monoisotopic (exact) mass is 512 g/mol. The zero-order valence-electron chi connectivity index (χ0n) is 20.2. The van der Waals surface area contributed by atoms with Gasteiger partial charge in [-0.3, -0.25) is 4.79 Å². The van der Waals surface area contributed by atoms with Crippen LogP contribution in [0.2, 0.25) is 5.02 Å². The van der Waals surface area contributed by atoms with Crippen molar-refractivity contribution < 1.29 is 19.0 Å². The van der Waals surface area contributed by atoms with Gasteiger partial charge in [0, 0.05) is 49.8 Å². The fourth-order valence-corrected chi connectivity index (χ4v) is 5.47. The van der Waals surface area contributed by atoms with Gasteiger partial charge in [0.05, 0.1) is 24.3 Å². The molecule has 0 saturated heterocycles. The minimum Gasteiger partial charge on any atom is -0.392 e. The van der Waals surface area contributed by atoms with Gasteiger partial charge in [-0.25, -0.2) is 9.37 Å². The number of hydrogen-bond acceptors (Lipinski definition) is 5. The van der Waals surface area contributed by atoms with E-state index in [4.69, 9.17) is 16.3 Å². The Morgan fingerprint density at radius 2 is 2.03 bits per heavy atom. The number of nitrogens with one attached hydrogen (secondary N) is 1. The Morgan fingerprint density at radius 3 is 2.78 bits per heavy atom. The smallest absolute Gasteiger partial charge is 0.271 e. The van der Waals surface area contributed by atoms with Gasteiger partial charge in [-0.15, -0.1) is 0 Å². The first-order valence-electron chi connectivity index (χ1n) is 12.3. The van der Waals surface area contributed by atoms with Gasteiger partial charge in [-0.1, -0.05) is 30.5 Å². The molecule has 2 aliphatic rings. The first kappa shape index (κ1) is 24.7. The van der Waals surface area contributed by atoms with Crippen LogP contribution >= 0.6 is 11.6 Å². The van der Waals surface area contributed by atoms with Gasteiger partial charge in [0.25, 0.3) is 5.91 Å². The van der Waals surface area contributed by atoms with E-state index in [-0.39, 0.29) is 25.1 Å². The molecule has 3 aromatic rings. The van der Waals surface area contributed by atoms with Gasteiger partial charge >= 0.3 is 0 Å². The van der Waals surface area contributed by atoms with Crippen LogP contribution in [0.4, 0.5) is 10.2 Å². The van der Waals surface area contributed by atoms with Crippen LogP contribution in [-0.4, -0.2) is 51.3 Å². The van der Waals surface area contributed by atoms with Crippen molar-refractivity contribution in [2.45, 2.75) is 57.5 Å². The van der Waals surface area contributed by atoms with E-state index in [1.54, 1.807) is 24.3 Å². The van der Waals surface area contributed by atoms with Crippen LogP contribution in [0, 0.1) is 5.82 Å². The molecule has 1 atom stereocenters. The average molecular weight is 513 g/mol. The van der Waals surface area contributed by atoms with Gasteiger partial charge < -0.3 is 24.6 Å². The number of amides is 1. The van der Waals surface area contributed by atoms with Crippen molar-refractivity contribution in [2.75, 3.05) is 19.0 Å². The van der Waals surface area contributed by atoms with Crippen molar-refractivity contribution in [3.05, 3.63) is 70.4 Å². The lowest BCUT2D eigenvalue weighted by Crippen LogP contribution is -2.49. The van der Waals surface area contributed by atoms with Gasteiger partial charge in [0.2, 0.25) is 0 Å². The average Bonchev–Trinajstić information content (AvgIpc) is 3.53. The molecule has 2 aromatic heterocycles. The van der Waals surface area contributed by atoms with E-state index in [0.717, 1.165) is 29.8 Å². The second-order valence-electron chi connectivity index (χ2n) is 9.55. The Kier molecular flexibility index (Phi) is 7.27. The molecule has 1 amide bonds. The number of anilines is 1. The Hall–Kier alpha value is -2.94. The fraction of sp³-hybridized carbons (Fsp3) is 0.407. The number of nitrogens with zero attached hydrogens (tertiary/aromatic N) is 3. The van der Waals surface area contributed by atoms with Crippen molar-refractivity contribution >= 4 is 23.3 Å². The van der Waals surface area contributed by atoms with Crippen molar-refractivity contribution in [1.82, 2.24) is 14.5 Å². The molecular weight excluding hydrogens is 483 g/mol. The van der Waals surface area contributed by atoms with Crippen LogP contribution < -0.4 is 5.32 Å². The van der Waals surface area contributed by atoms with Crippen molar-refractivity contribution in [1.29, 1.82) is 0 Å². The van der Waals surface area contributed by atoms with Crippen LogP contribution in [0.15, 0.2) is 42.7 Å². The minimum absolute atomic E-state index is 0.173. The summed E-state index contributed by atoms with van der Waals surface area (Å²) in [4.78, 5) is 19.8. The maximum atomic E-state index is 14.0. The van der Waals surface area contributed by atoms with E-state index in [1.807, 2.05) is 22.9 Å². The molecule has 1 fully saturated rings. The number of rotatable bonds is 8. The van der Waals surface area contributed by atoms with Crippen LogP contribution in [0.5, 0.6) is 0 Å². The Bertz CT molecular complexity index is 1260. The summed E-state index contributed by atoms with van der Waals surface area (Å²) in [7, 11) is 1.59. The Balaban J connectivity index is 1.45. The molecule has 7 nitrogen and oxygen atoms in total. The van der Waals surface area contributed by atoms with E-state index in [1.165, 1.54) is 25.0 Å². The van der Waals surface area contributed by atoms with E-state index in [9.17, 15) is 14.3 Å². The Labute approximate surface area is 214 Å². The number of aliphatic hydroxyl groups excluding tert-OH is 1. The lowest BCUT2D eigenvalue weighted by molar-refractivity contribution is 0.0386. The molecule has 9 heteroatoms. The summed E-state index contributed by atoms with van der Waals surface area (Å²) in [5.41, 5.74) is 3.33. The summed E-state index contributed by atoms with van der Waals surface area (Å²) < 4.78 is 21.3. The van der Waals surface area contributed by atoms with E-state index < -0.39 is 5.82 Å². The number of benzene rings is 1. The second-order valence-corrected chi connectivity index (χ2v) is 9.96. The summed E-state index contributed by atoms with van der Waals surface area (Å²) in [6, 6.07) is 8.19. The summed E-state index contributed by atoms with van der Waals surface area (Å²) in [6.07, 6.45) is 8.30. The van der Waals surface area contributed by atoms with Gasteiger partial charge in [0.1, 0.15) is 17.3 Å². The van der Waals surface area contributed by atoms with Crippen molar-refractivity contribution in [3.8, 4) is 11.1 Å². The number of carbonyl (C=O) groups is 1. The quantitative estimate of drug-likeness (QED) is 0.450. The molecule has 36 heavy (non-hydrogen) atoms. The molecule has 0 radical (unpaired) electrons. The molecule has 190 valence electrons. The number of fused-ring (bicyclic) bond motifs is 1. The fourth-order valence-electron chi connectivity index (χ4n) is 5.26. The zero-order chi connectivity index (χ0) is 25.2. The van der Waals surface area contributed by atoms with Crippen LogP contribution in [-0.2, 0) is 24.4 Å². The minimum atomic E-state index is -0.407. The first-order chi connectivity index (χ1) is 17.5. The highest BCUT2D eigenvalue weighted by molar-refractivity contribution is 6.33. The highest BCUT2D eigenvalue weighted by atomic mass is 35.5. The third-order valence-corrected chi connectivity index (χ3v) is 7.44. The molecule has 3 heterocycles. The number of methoxy groups -OCH3 is 1. The molecule has 1 aromatic carbocycles. The number of carbonyl (C=O) groups excluding carboxylic acids is 1. The van der Waals surface area contributed by atoms with Gasteiger partial charge in [-0.2, -0.15) is 0 Å². The first-order valence-corrected chi connectivity index (χ1v) is 12.6. The number of halogens is 2. The molecule has 1 aliphatic carbocycles. The van der Waals surface area contributed by atoms with Crippen LogP contribution in [0.1, 0.15) is 47.3 Å². The van der Waals surface area contributed by atoms with E-state index >= 15 is 0 Å². The maximum Gasteiger partial charge on any atom is 0.271 e. The van der Waals surface area contributed by atoms with E-state index in [2.05, 4.69) is 10.3 Å². The molecular formula is C27H30ClFN4O3. The third kappa shape index (κ3) is 4.98. The molecule has 1 aliphatic heterocycles. The standard InChI is InChI=1S/C27H30ClFN4O3/c1-36-16-22-14-32-12-19(23-10-26(30-11-24(23)28)31-21-4-2-3-5-21)9-25(32)27(35)33(22)13-18-8-20(29)7-6-17(18)15-34/h6-12,21-22,34H,2-5,13-16H2,1H3,(H,30,31). The lowest BCUT2D eigenvalue weighted by Gasteiger charge is -2.36. The summed E-state index contributed by atoms with van der Waals surface area (Å²) in [5.74, 6) is 0.186. The molecule has 2 N–H and O–H groups in total. The largest absolute Gasteiger partial charge is 0.392 e. The number of aromatic nitrogens is 2. The number of ether oxygens (including phenoxy) is 1.